The zero-order valence-corrected chi connectivity index (χ0v) is 10.7. The molecule has 2 rings (SSSR count). The zero-order chi connectivity index (χ0) is 13.0. The summed E-state index contributed by atoms with van der Waals surface area (Å²) in [5.74, 6) is 0.678. The van der Waals surface area contributed by atoms with E-state index >= 15 is 0 Å². The van der Waals surface area contributed by atoms with Crippen LogP contribution in [0.3, 0.4) is 0 Å². The monoisotopic (exact) mass is 260 g/mol. The lowest BCUT2D eigenvalue weighted by atomic mass is 10.2. The van der Waals surface area contributed by atoms with Gasteiger partial charge in [0.15, 0.2) is 5.03 Å². The molecular weight excluding hydrogens is 248 g/mol. The molecule has 0 aliphatic carbocycles. The first-order chi connectivity index (χ1) is 8.66. The van der Waals surface area contributed by atoms with Crippen molar-refractivity contribution in [3.8, 4) is 0 Å². The predicted molar refractivity (Wildman–Crippen MR) is 71.6 cm³/mol. The second-order valence-corrected chi connectivity index (χ2v) is 4.83. The average Bonchev–Trinajstić information content (AvgIpc) is 2.38. The molecule has 18 heavy (non-hydrogen) atoms. The number of hydrogen-bond acceptors (Lipinski definition) is 4. The van der Waals surface area contributed by atoms with Crippen molar-refractivity contribution in [2.75, 3.05) is 0 Å². The van der Waals surface area contributed by atoms with Crippen molar-refractivity contribution in [3.05, 3.63) is 63.8 Å². The molecule has 0 saturated heterocycles. The fourth-order valence-corrected chi connectivity index (χ4v) is 2.41. The highest BCUT2D eigenvalue weighted by molar-refractivity contribution is 7.98. The number of thioether (sulfide) groups is 1. The van der Waals surface area contributed by atoms with Gasteiger partial charge < -0.3 is 0 Å². The Labute approximate surface area is 109 Å². The Morgan fingerprint density at radius 1 is 1.33 bits per heavy atom. The SMILES string of the molecule is Cc1cnc(SCc2ccccc2)c([N+](=O)[O-])c1. The summed E-state index contributed by atoms with van der Waals surface area (Å²) in [7, 11) is 0. The van der Waals surface area contributed by atoms with E-state index in [1.165, 1.54) is 11.8 Å². The quantitative estimate of drug-likeness (QED) is 0.479. The number of aromatic nitrogens is 1. The van der Waals surface area contributed by atoms with E-state index in [1.807, 2.05) is 30.3 Å². The first kappa shape index (κ1) is 12.6. The van der Waals surface area contributed by atoms with E-state index in [2.05, 4.69) is 4.98 Å². The average molecular weight is 260 g/mol. The summed E-state index contributed by atoms with van der Waals surface area (Å²) in [4.78, 5) is 14.7. The molecular formula is C13H12N2O2S. The summed E-state index contributed by atoms with van der Waals surface area (Å²) < 4.78 is 0. The number of rotatable bonds is 4. The molecule has 5 heteroatoms. The molecule has 0 aliphatic rings. The van der Waals surface area contributed by atoms with Crippen LogP contribution in [0.1, 0.15) is 11.1 Å². The van der Waals surface area contributed by atoms with Gasteiger partial charge in [-0.2, -0.15) is 0 Å². The minimum Gasteiger partial charge on any atom is -0.258 e. The number of hydrogen-bond donors (Lipinski definition) is 0. The van der Waals surface area contributed by atoms with Gasteiger partial charge in [-0.15, -0.1) is 0 Å². The molecule has 0 atom stereocenters. The van der Waals surface area contributed by atoms with Crippen LogP contribution >= 0.6 is 11.8 Å². The van der Waals surface area contributed by atoms with Crippen LogP contribution in [0.4, 0.5) is 5.69 Å². The maximum absolute atomic E-state index is 10.9. The summed E-state index contributed by atoms with van der Waals surface area (Å²) in [6.07, 6.45) is 1.65. The third-order valence-electron chi connectivity index (χ3n) is 2.38. The van der Waals surface area contributed by atoms with Crippen molar-refractivity contribution >= 4 is 17.4 Å². The molecule has 0 spiro atoms. The van der Waals surface area contributed by atoms with Gasteiger partial charge in [0.05, 0.1) is 4.92 Å². The van der Waals surface area contributed by atoms with E-state index in [4.69, 9.17) is 0 Å². The van der Waals surface area contributed by atoms with E-state index in [0.717, 1.165) is 11.1 Å². The number of nitrogens with zero attached hydrogens (tertiary/aromatic N) is 2. The van der Waals surface area contributed by atoms with Crippen LogP contribution in [0.25, 0.3) is 0 Å². The molecule has 2 aromatic rings. The van der Waals surface area contributed by atoms with Gasteiger partial charge in [-0.1, -0.05) is 42.1 Å². The van der Waals surface area contributed by atoms with Gasteiger partial charge >= 0.3 is 5.69 Å². The Bertz CT molecular complexity index is 558. The molecule has 0 aliphatic heterocycles. The molecule has 1 heterocycles. The van der Waals surface area contributed by atoms with Crippen molar-refractivity contribution in [2.45, 2.75) is 17.7 Å². The molecule has 1 aromatic heterocycles. The third-order valence-corrected chi connectivity index (χ3v) is 3.45. The van der Waals surface area contributed by atoms with Gasteiger partial charge in [-0.3, -0.25) is 10.1 Å². The standard InChI is InChI=1S/C13H12N2O2S/c1-10-7-12(15(16)17)13(14-8-10)18-9-11-5-3-2-4-6-11/h2-8H,9H2,1H3. The minimum absolute atomic E-state index is 0.0796. The second-order valence-electron chi connectivity index (χ2n) is 3.87. The number of pyridine rings is 1. The molecule has 1 aromatic carbocycles. The lowest BCUT2D eigenvalue weighted by Crippen LogP contribution is -1.94. The number of aryl methyl sites for hydroxylation is 1. The molecule has 4 nitrogen and oxygen atoms in total. The van der Waals surface area contributed by atoms with Crippen LogP contribution in [0.5, 0.6) is 0 Å². The highest BCUT2D eigenvalue weighted by Gasteiger charge is 2.15. The Morgan fingerprint density at radius 3 is 2.72 bits per heavy atom. The van der Waals surface area contributed by atoms with Gasteiger partial charge in [-0.25, -0.2) is 4.98 Å². The van der Waals surface area contributed by atoms with Gasteiger partial charge in [0, 0.05) is 18.0 Å². The smallest absolute Gasteiger partial charge is 0.258 e. The summed E-state index contributed by atoms with van der Waals surface area (Å²) in [5.41, 5.74) is 2.00. The maximum atomic E-state index is 10.9. The van der Waals surface area contributed by atoms with Crippen molar-refractivity contribution in [1.29, 1.82) is 0 Å². The van der Waals surface area contributed by atoms with Crippen molar-refractivity contribution in [1.82, 2.24) is 4.98 Å². The molecule has 0 bridgehead atoms. The van der Waals surface area contributed by atoms with Crippen molar-refractivity contribution in [2.24, 2.45) is 0 Å². The second kappa shape index (κ2) is 5.64. The molecule has 0 saturated carbocycles. The van der Waals surface area contributed by atoms with Gasteiger partial charge in [0.2, 0.25) is 0 Å². The lowest BCUT2D eigenvalue weighted by Gasteiger charge is -2.03. The highest BCUT2D eigenvalue weighted by Crippen LogP contribution is 2.29. The van der Waals surface area contributed by atoms with E-state index in [1.54, 1.807) is 19.2 Å². The minimum atomic E-state index is -0.382. The first-order valence-corrected chi connectivity index (χ1v) is 6.43. The summed E-state index contributed by atoms with van der Waals surface area (Å²) in [6, 6.07) is 11.4. The molecule has 0 amide bonds. The summed E-state index contributed by atoms with van der Waals surface area (Å²) in [6.45, 7) is 1.80. The maximum Gasteiger partial charge on any atom is 0.301 e. The predicted octanol–water partition coefficient (Wildman–Crippen LogP) is 3.59. The van der Waals surface area contributed by atoms with Crippen molar-refractivity contribution in [3.63, 3.8) is 0 Å². The zero-order valence-electron chi connectivity index (χ0n) is 9.87. The molecule has 0 fully saturated rings. The fourth-order valence-electron chi connectivity index (χ4n) is 1.51. The van der Waals surface area contributed by atoms with Crippen LogP contribution in [0, 0.1) is 17.0 Å². The molecule has 0 radical (unpaired) electrons. The number of nitro groups is 1. The molecule has 0 N–H and O–H groups in total. The van der Waals surface area contributed by atoms with Crippen LogP contribution in [0.2, 0.25) is 0 Å². The van der Waals surface area contributed by atoms with Crippen LogP contribution in [-0.2, 0) is 5.75 Å². The number of benzene rings is 1. The summed E-state index contributed by atoms with van der Waals surface area (Å²) >= 11 is 1.38. The van der Waals surface area contributed by atoms with E-state index < -0.39 is 0 Å². The highest BCUT2D eigenvalue weighted by atomic mass is 32.2. The Hall–Kier alpha value is -1.88. The first-order valence-electron chi connectivity index (χ1n) is 5.44. The molecule has 0 unspecified atom stereocenters. The summed E-state index contributed by atoms with van der Waals surface area (Å²) in [5, 5.41) is 11.4. The van der Waals surface area contributed by atoms with Crippen LogP contribution < -0.4 is 0 Å². The topological polar surface area (TPSA) is 56.0 Å². The third kappa shape index (κ3) is 3.07. The Balaban J connectivity index is 2.17. The van der Waals surface area contributed by atoms with E-state index in [0.29, 0.717) is 10.8 Å². The van der Waals surface area contributed by atoms with Crippen molar-refractivity contribution < 1.29 is 4.92 Å². The molecule has 92 valence electrons. The van der Waals surface area contributed by atoms with Gasteiger partial charge in [0.25, 0.3) is 0 Å². The Morgan fingerprint density at radius 2 is 2.06 bits per heavy atom. The van der Waals surface area contributed by atoms with Gasteiger partial charge in [-0.05, 0) is 18.1 Å². The lowest BCUT2D eigenvalue weighted by molar-refractivity contribution is -0.388. The van der Waals surface area contributed by atoms with Crippen LogP contribution in [-0.4, -0.2) is 9.91 Å². The van der Waals surface area contributed by atoms with E-state index in [9.17, 15) is 10.1 Å². The van der Waals surface area contributed by atoms with Crippen LogP contribution in [0.15, 0.2) is 47.6 Å². The largest absolute Gasteiger partial charge is 0.301 e. The Kier molecular flexibility index (Phi) is 3.94. The fraction of sp³-hybridized carbons (Fsp3) is 0.154. The van der Waals surface area contributed by atoms with E-state index in [-0.39, 0.29) is 10.6 Å². The normalized spacial score (nSPS) is 10.3. The van der Waals surface area contributed by atoms with Gasteiger partial charge in [0.1, 0.15) is 0 Å².